The Labute approximate surface area is 181 Å². The zero-order valence-electron chi connectivity index (χ0n) is 19.6. The van der Waals surface area contributed by atoms with Crippen LogP contribution in [-0.4, -0.2) is 21.6 Å². The lowest BCUT2D eigenvalue weighted by Gasteiger charge is -2.12. The summed E-state index contributed by atoms with van der Waals surface area (Å²) >= 11 is 0. The third-order valence-electron chi connectivity index (χ3n) is 4.10. The van der Waals surface area contributed by atoms with Gasteiger partial charge in [-0.1, -0.05) is 66.2 Å². The minimum Gasteiger partial charge on any atom is -0.372 e. The number of hydrogen-bond donors (Lipinski definition) is 2. The number of imidazole rings is 1. The maximum absolute atomic E-state index is 11.2. The van der Waals surface area contributed by atoms with Crippen LogP contribution in [0.5, 0.6) is 0 Å². The van der Waals surface area contributed by atoms with E-state index < -0.39 is 0 Å². The first-order chi connectivity index (χ1) is 14.3. The fourth-order valence-corrected chi connectivity index (χ4v) is 2.04. The van der Waals surface area contributed by atoms with Crippen molar-refractivity contribution in [3.05, 3.63) is 78.4 Å². The van der Waals surface area contributed by atoms with Gasteiger partial charge < -0.3 is 10.3 Å². The van der Waals surface area contributed by atoms with E-state index >= 15 is 0 Å². The summed E-state index contributed by atoms with van der Waals surface area (Å²) in [7, 11) is 1.83. The van der Waals surface area contributed by atoms with E-state index in [1.807, 2.05) is 62.0 Å². The molecule has 3 aromatic rings. The number of H-pyrrole nitrogens is 1. The second-order valence-electron chi connectivity index (χ2n) is 7.26. The van der Waals surface area contributed by atoms with E-state index in [0.29, 0.717) is 5.41 Å². The van der Waals surface area contributed by atoms with E-state index in [1.54, 1.807) is 12.3 Å². The number of aromatic amines is 1. The van der Waals surface area contributed by atoms with Crippen LogP contribution in [0.25, 0.3) is 17.1 Å². The van der Waals surface area contributed by atoms with Gasteiger partial charge in [0.1, 0.15) is 11.6 Å². The Hall–Kier alpha value is -3.08. The van der Waals surface area contributed by atoms with Gasteiger partial charge in [0.05, 0.1) is 6.20 Å². The van der Waals surface area contributed by atoms with Crippen LogP contribution in [-0.2, 0) is 0 Å². The molecule has 0 unspecified atom stereocenters. The standard InChI is InChI=1S/C15H14N4O.C6H14.C2H6.C2H4/c1-16-13-10-19(12-5-3-2-4-6-12)15(18-13)11-7-8-14(20)17-9-11;1-5-6(2,3)4;2*1-2/h2-10,16H,1H3,(H,17,20);5H2,1-4H3;1-2H3;1-2H2. The number of anilines is 1. The van der Waals surface area contributed by atoms with Crippen LogP contribution in [0.2, 0.25) is 0 Å². The average Bonchev–Trinajstić information content (AvgIpc) is 3.22. The van der Waals surface area contributed by atoms with Gasteiger partial charge in [0.15, 0.2) is 0 Å². The summed E-state index contributed by atoms with van der Waals surface area (Å²) in [6, 6.07) is 13.2. The lowest BCUT2D eigenvalue weighted by Crippen LogP contribution is -2.03. The van der Waals surface area contributed by atoms with Crippen LogP contribution < -0.4 is 10.9 Å². The lowest BCUT2D eigenvalue weighted by atomic mass is 9.94. The quantitative estimate of drug-likeness (QED) is 0.482. The molecular weight excluding hydrogens is 372 g/mol. The van der Waals surface area contributed by atoms with Crippen LogP contribution in [0, 0.1) is 5.41 Å². The summed E-state index contributed by atoms with van der Waals surface area (Å²) in [5, 5.41) is 3.03. The van der Waals surface area contributed by atoms with Crippen molar-refractivity contribution in [2.24, 2.45) is 5.41 Å². The lowest BCUT2D eigenvalue weighted by molar-refractivity contribution is 0.398. The number of nitrogens with zero attached hydrogens (tertiary/aromatic N) is 2. The highest BCUT2D eigenvalue weighted by Gasteiger charge is 2.11. The molecule has 5 heteroatoms. The Bertz CT molecular complexity index is 869. The van der Waals surface area contributed by atoms with E-state index in [-0.39, 0.29) is 5.56 Å². The van der Waals surface area contributed by atoms with Crippen LogP contribution in [0.3, 0.4) is 0 Å². The fourth-order valence-electron chi connectivity index (χ4n) is 2.04. The highest BCUT2D eigenvalue weighted by atomic mass is 16.1. The molecule has 0 atom stereocenters. The molecule has 3 rings (SSSR count). The van der Waals surface area contributed by atoms with Crippen molar-refractivity contribution in [2.45, 2.75) is 48.0 Å². The van der Waals surface area contributed by atoms with E-state index in [9.17, 15) is 4.79 Å². The Balaban J connectivity index is 0.000000719. The van der Waals surface area contributed by atoms with Crippen molar-refractivity contribution < 1.29 is 0 Å². The molecule has 0 aliphatic rings. The molecular formula is C25H38N4O. The topological polar surface area (TPSA) is 62.7 Å². The molecule has 0 aliphatic heterocycles. The molecule has 2 aromatic heterocycles. The molecule has 1 aromatic carbocycles. The largest absolute Gasteiger partial charge is 0.372 e. The zero-order chi connectivity index (χ0) is 23.2. The van der Waals surface area contributed by atoms with Crippen LogP contribution in [0.4, 0.5) is 5.82 Å². The van der Waals surface area contributed by atoms with Gasteiger partial charge in [-0.25, -0.2) is 4.98 Å². The molecule has 2 N–H and O–H groups in total. The summed E-state index contributed by atoms with van der Waals surface area (Å²) in [6.07, 6.45) is 4.87. The number of benzene rings is 1. The van der Waals surface area contributed by atoms with Crippen molar-refractivity contribution in [2.75, 3.05) is 12.4 Å². The van der Waals surface area contributed by atoms with Crippen LogP contribution in [0.15, 0.2) is 72.8 Å². The van der Waals surface area contributed by atoms with Crippen LogP contribution >= 0.6 is 0 Å². The Kier molecular flexibility index (Phi) is 12.6. The highest BCUT2D eigenvalue weighted by molar-refractivity contribution is 5.61. The molecule has 0 radical (unpaired) electrons. The van der Waals surface area contributed by atoms with E-state index in [1.165, 1.54) is 12.5 Å². The third-order valence-corrected chi connectivity index (χ3v) is 4.10. The maximum atomic E-state index is 11.2. The van der Waals surface area contributed by atoms with Gasteiger partial charge in [-0.15, -0.1) is 13.2 Å². The molecule has 0 saturated heterocycles. The molecule has 0 bridgehead atoms. The van der Waals surface area contributed by atoms with E-state index in [0.717, 1.165) is 22.9 Å². The zero-order valence-corrected chi connectivity index (χ0v) is 19.6. The van der Waals surface area contributed by atoms with Crippen LogP contribution in [0.1, 0.15) is 48.0 Å². The first-order valence-electron chi connectivity index (χ1n) is 10.4. The Morgan fingerprint density at radius 3 is 2.07 bits per heavy atom. The van der Waals surface area contributed by atoms with Gasteiger partial charge in [-0.2, -0.15) is 0 Å². The summed E-state index contributed by atoms with van der Waals surface area (Å²) in [5.41, 5.74) is 2.29. The molecule has 5 nitrogen and oxygen atoms in total. The molecule has 0 amide bonds. The van der Waals surface area contributed by atoms with E-state index in [4.69, 9.17) is 0 Å². The maximum Gasteiger partial charge on any atom is 0.247 e. The van der Waals surface area contributed by atoms with Crippen molar-refractivity contribution >= 4 is 5.82 Å². The summed E-state index contributed by atoms with van der Waals surface area (Å²) < 4.78 is 1.99. The summed E-state index contributed by atoms with van der Waals surface area (Å²) in [6.45, 7) is 18.9. The van der Waals surface area contributed by atoms with Gasteiger partial charge in [0.2, 0.25) is 5.56 Å². The van der Waals surface area contributed by atoms with Gasteiger partial charge in [-0.05, 0) is 23.6 Å². The molecule has 30 heavy (non-hydrogen) atoms. The summed E-state index contributed by atoms with van der Waals surface area (Å²) in [4.78, 5) is 18.4. The second-order valence-corrected chi connectivity index (χ2v) is 7.26. The SMILES string of the molecule is C=C.CC.CCC(C)(C)C.CNc1cn(-c2ccccc2)c(-c2ccc(=O)[nH]c2)n1. The Morgan fingerprint density at radius 2 is 1.63 bits per heavy atom. The fraction of sp³-hybridized carbons (Fsp3) is 0.360. The molecule has 0 fully saturated rings. The second kappa shape index (κ2) is 14.0. The number of para-hydroxylation sites is 1. The summed E-state index contributed by atoms with van der Waals surface area (Å²) in [5.74, 6) is 1.55. The minimum atomic E-state index is -0.125. The molecule has 2 heterocycles. The monoisotopic (exact) mass is 410 g/mol. The van der Waals surface area contributed by atoms with Gasteiger partial charge in [0, 0.05) is 30.6 Å². The minimum absolute atomic E-state index is 0.125. The van der Waals surface area contributed by atoms with Crippen molar-refractivity contribution in [1.29, 1.82) is 0 Å². The highest BCUT2D eigenvalue weighted by Crippen LogP contribution is 2.23. The number of aromatic nitrogens is 3. The van der Waals surface area contributed by atoms with Crippen molar-refractivity contribution in [3.8, 4) is 17.1 Å². The molecule has 0 aliphatic carbocycles. The van der Waals surface area contributed by atoms with Gasteiger partial charge in [-0.3, -0.25) is 9.36 Å². The number of pyridine rings is 1. The number of nitrogens with one attached hydrogen (secondary N) is 2. The molecule has 0 saturated carbocycles. The number of hydrogen-bond acceptors (Lipinski definition) is 3. The van der Waals surface area contributed by atoms with Crippen molar-refractivity contribution in [3.63, 3.8) is 0 Å². The smallest absolute Gasteiger partial charge is 0.247 e. The Morgan fingerprint density at radius 1 is 1.07 bits per heavy atom. The molecule has 164 valence electrons. The number of rotatable bonds is 3. The van der Waals surface area contributed by atoms with Crippen molar-refractivity contribution in [1.82, 2.24) is 14.5 Å². The first-order valence-corrected chi connectivity index (χ1v) is 10.4. The predicted octanol–water partition coefficient (Wildman–Crippen LogP) is 6.54. The van der Waals surface area contributed by atoms with Gasteiger partial charge >= 0.3 is 0 Å². The predicted molar refractivity (Wildman–Crippen MR) is 132 cm³/mol. The first kappa shape index (κ1) is 26.9. The molecule has 0 spiro atoms. The van der Waals surface area contributed by atoms with Gasteiger partial charge in [0.25, 0.3) is 0 Å². The van der Waals surface area contributed by atoms with E-state index in [2.05, 4.69) is 56.1 Å². The average molecular weight is 411 g/mol. The third kappa shape index (κ3) is 8.95. The normalized spacial score (nSPS) is 9.70.